The van der Waals surface area contributed by atoms with Crippen molar-refractivity contribution in [1.82, 2.24) is 9.44 Å². The zero-order valence-electron chi connectivity index (χ0n) is 13.5. The number of hydrogen-bond acceptors (Lipinski definition) is 4. The lowest BCUT2D eigenvalue weighted by molar-refractivity contribution is -0.147. The Hall–Kier alpha value is -0.650. The second-order valence-electron chi connectivity index (χ2n) is 5.34. The average Bonchev–Trinajstić information content (AvgIpc) is 2.43. The van der Waals surface area contributed by atoms with Gasteiger partial charge < -0.3 is 0 Å². The molecule has 1 aromatic carbocycles. The molecule has 1 aromatic rings. The maximum absolute atomic E-state index is 12.6. The van der Waals surface area contributed by atoms with Crippen LogP contribution in [0.4, 0.5) is 26.3 Å². The first kappa shape index (κ1) is 24.4. The molecule has 0 radical (unpaired) electrons. The summed E-state index contributed by atoms with van der Waals surface area (Å²) in [4.78, 5) is -2.18. The number of rotatable bonds is 6. The third-order valence-electron chi connectivity index (χ3n) is 3.13. The van der Waals surface area contributed by atoms with Crippen molar-refractivity contribution >= 4 is 42.6 Å². The highest BCUT2D eigenvalue weighted by Gasteiger charge is 2.42. The lowest BCUT2D eigenvalue weighted by Crippen LogP contribution is -2.45. The summed E-state index contributed by atoms with van der Waals surface area (Å²) in [5.74, 6) is 0. The molecule has 0 amide bonds. The van der Waals surface area contributed by atoms with Gasteiger partial charge in [-0.25, -0.2) is 16.8 Å². The van der Waals surface area contributed by atoms with E-state index in [2.05, 4.69) is 0 Å². The van der Waals surface area contributed by atoms with E-state index < -0.39 is 54.3 Å². The molecular weight excluding hydrogens is 541 g/mol. The smallest absolute Gasteiger partial charge is 0.207 e. The Kier molecular flexibility index (Phi) is 7.22. The Morgan fingerprint density at radius 2 is 1.26 bits per heavy atom. The normalized spacial score (nSPS) is 16.2. The van der Waals surface area contributed by atoms with Crippen molar-refractivity contribution in [2.75, 3.05) is 0 Å². The van der Waals surface area contributed by atoms with Crippen molar-refractivity contribution in [3.05, 3.63) is 21.8 Å². The van der Waals surface area contributed by atoms with Crippen LogP contribution in [0.25, 0.3) is 0 Å². The Balaban J connectivity index is 3.48. The van der Waals surface area contributed by atoms with Crippen LogP contribution in [-0.4, -0.2) is 41.3 Å². The molecule has 0 aliphatic carbocycles. The number of hydrogen-bond donors (Lipinski definition) is 2. The molecule has 0 saturated heterocycles. The van der Waals surface area contributed by atoms with Crippen LogP contribution < -0.4 is 9.44 Å². The Bertz CT molecular complexity index is 899. The molecule has 156 valence electrons. The molecule has 0 bridgehead atoms. The molecule has 2 atom stereocenters. The van der Waals surface area contributed by atoms with Gasteiger partial charge in [-0.05, 0) is 48.6 Å². The molecule has 6 nitrogen and oxygen atoms in total. The number of sulfonamides is 2. The zero-order chi connectivity index (χ0) is 21.4. The number of benzene rings is 1. The average molecular weight is 554 g/mol. The Labute approximate surface area is 164 Å². The molecule has 0 saturated carbocycles. The fourth-order valence-corrected chi connectivity index (χ4v) is 6.60. The number of halogens is 7. The fourth-order valence-electron chi connectivity index (χ4n) is 1.68. The van der Waals surface area contributed by atoms with Gasteiger partial charge in [0.15, 0.2) is 0 Å². The monoisotopic (exact) mass is 554 g/mol. The summed E-state index contributed by atoms with van der Waals surface area (Å²) < 4.78 is 127. The summed E-state index contributed by atoms with van der Waals surface area (Å²) in [6.07, 6.45) is -9.92. The molecule has 2 unspecified atom stereocenters. The molecule has 0 spiro atoms. The van der Waals surface area contributed by atoms with E-state index in [-0.39, 0.29) is 3.57 Å². The predicted molar refractivity (Wildman–Crippen MR) is 90.8 cm³/mol. The minimum atomic E-state index is -5.04. The van der Waals surface area contributed by atoms with Crippen LogP contribution in [0, 0.1) is 3.57 Å². The van der Waals surface area contributed by atoms with E-state index in [0.717, 1.165) is 12.1 Å². The van der Waals surface area contributed by atoms with Crippen LogP contribution in [0.3, 0.4) is 0 Å². The second-order valence-corrected chi connectivity index (χ2v) is 9.83. The summed E-state index contributed by atoms with van der Waals surface area (Å²) in [6.45, 7) is 0.981. The summed E-state index contributed by atoms with van der Waals surface area (Å²) in [7, 11) is -10.1. The first-order valence-electron chi connectivity index (χ1n) is 6.86. The van der Waals surface area contributed by atoms with Crippen LogP contribution in [-0.2, 0) is 20.0 Å². The van der Waals surface area contributed by atoms with E-state index in [4.69, 9.17) is 0 Å². The van der Waals surface area contributed by atoms with Gasteiger partial charge in [0.05, 0.1) is 0 Å². The topological polar surface area (TPSA) is 92.3 Å². The van der Waals surface area contributed by atoms with E-state index in [1.165, 1.54) is 32.0 Å². The standard InChI is InChI=1S/C12H13F6IN2O4S2/c1-6(11(13,14)15)20-26(22,23)9-5-3-4-8(19)10(9)27(24,25)21-7(2)12(16,17)18/h3-7,20-21H,1-2H3. The maximum atomic E-state index is 12.6. The van der Waals surface area contributed by atoms with E-state index in [1.54, 1.807) is 0 Å². The van der Waals surface area contributed by atoms with Crippen LogP contribution in [0.15, 0.2) is 28.0 Å². The highest BCUT2D eigenvalue weighted by atomic mass is 127. The van der Waals surface area contributed by atoms with Gasteiger partial charge in [-0.2, -0.15) is 35.8 Å². The van der Waals surface area contributed by atoms with Crippen molar-refractivity contribution in [1.29, 1.82) is 0 Å². The first-order chi connectivity index (χ1) is 11.9. The third kappa shape index (κ3) is 6.16. The Morgan fingerprint density at radius 3 is 1.67 bits per heavy atom. The van der Waals surface area contributed by atoms with E-state index in [9.17, 15) is 43.2 Å². The molecule has 0 fully saturated rings. The van der Waals surface area contributed by atoms with Gasteiger partial charge in [-0.15, -0.1) is 0 Å². The highest BCUT2D eigenvalue weighted by molar-refractivity contribution is 14.1. The molecule has 1 rings (SSSR count). The third-order valence-corrected chi connectivity index (χ3v) is 7.75. The highest BCUT2D eigenvalue weighted by Crippen LogP contribution is 2.29. The molecule has 0 aliphatic rings. The molecule has 0 aliphatic heterocycles. The molecule has 27 heavy (non-hydrogen) atoms. The van der Waals surface area contributed by atoms with Crippen LogP contribution in [0.5, 0.6) is 0 Å². The largest absolute Gasteiger partial charge is 0.404 e. The van der Waals surface area contributed by atoms with Crippen molar-refractivity contribution in [3.8, 4) is 0 Å². The molecular formula is C12H13F6IN2O4S2. The SMILES string of the molecule is CC(NS(=O)(=O)c1cccc(I)c1S(=O)(=O)NC(C)C(F)(F)F)C(F)(F)F. The Morgan fingerprint density at radius 1 is 0.852 bits per heavy atom. The van der Waals surface area contributed by atoms with E-state index >= 15 is 0 Å². The number of nitrogens with one attached hydrogen (secondary N) is 2. The van der Waals surface area contributed by atoms with Crippen molar-refractivity contribution in [2.45, 2.75) is 48.1 Å². The van der Waals surface area contributed by atoms with Crippen LogP contribution in [0.2, 0.25) is 0 Å². The van der Waals surface area contributed by atoms with Gasteiger partial charge in [0.25, 0.3) is 0 Å². The quantitative estimate of drug-likeness (QED) is 0.418. The molecule has 15 heteroatoms. The molecule has 2 N–H and O–H groups in total. The van der Waals surface area contributed by atoms with Gasteiger partial charge in [-0.1, -0.05) is 6.07 Å². The summed E-state index contributed by atoms with van der Waals surface area (Å²) in [6, 6.07) is -2.31. The summed E-state index contributed by atoms with van der Waals surface area (Å²) in [5, 5.41) is 0. The fraction of sp³-hybridized carbons (Fsp3) is 0.500. The maximum Gasteiger partial charge on any atom is 0.404 e. The van der Waals surface area contributed by atoms with Crippen LogP contribution in [0.1, 0.15) is 13.8 Å². The van der Waals surface area contributed by atoms with Crippen molar-refractivity contribution < 1.29 is 43.2 Å². The molecule has 0 heterocycles. The zero-order valence-corrected chi connectivity index (χ0v) is 17.3. The predicted octanol–water partition coefficient (Wildman–Crippen LogP) is 2.75. The van der Waals surface area contributed by atoms with Gasteiger partial charge in [0, 0.05) is 3.57 Å². The first-order valence-corrected chi connectivity index (χ1v) is 10.9. The lowest BCUT2D eigenvalue weighted by atomic mass is 10.4. The second kappa shape index (κ2) is 8.00. The molecule has 0 aromatic heterocycles. The van der Waals surface area contributed by atoms with E-state index in [1.807, 2.05) is 0 Å². The number of alkyl halides is 6. The minimum absolute atomic E-state index is 0.294. The van der Waals surface area contributed by atoms with Gasteiger partial charge >= 0.3 is 12.4 Å². The van der Waals surface area contributed by atoms with Crippen molar-refractivity contribution in [3.63, 3.8) is 0 Å². The van der Waals surface area contributed by atoms with Gasteiger partial charge in [-0.3, -0.25) is 0 Å². The minimum Gasteiger partial charge on any atom is -0.207 e. The van der Waals surface area contributed by atoms with E-state index in [0.29, 0.717) is 19.9 Å². The lowest BCUT2D eigenvalue weighted by Gasteiger charge is -2.21. The van der Waals surface area contributed by atoms with Crippen molar-refractivity contribution in [2.24, 2.45) is 0 Å². The van der Waals surface area contributed by atoms with Crippen LogP contribution >= 0.6 is 22.6 Å². The summed E-state index contributed by atoms with van der Waals surface area (Å²) in [5.41, 5.74) is 0. The van der Waals surface area contributed by atoms with Gasteiger partial charge in [0.2, 0.25) is 20.0 Å². The summed E-state index contributed by atoms with van der Waals surface area (Å²) >= 11 is 1.35. The van der Waals surface area contributed by atoms with Gasteiger partial charge in [0.1, 0.15) is 21.9 Å².